The number of rotatable bonds is 4. The minimum absolute atomic E-state index is 0.0407. The first-order valence-corrected chi connectivity index (χ1v) is 6.97. The van der Waals surface area contributed by atoms with Crippen LogP contribution in [-0.2, 0) is 4.79 Å². The van der Waals surface area contributed by atoms with Gasteiger partial charge >= 0.3 is 0 Å². The number of ketones is 1. The normalized spacial score (nSPS) is 18.1. The Morgan fingerprint density at radius 3 is 2.63 bits per heavy atom. The maximum absolute atomic E-state index is 11.9. The van der Waals surface area contributed by atoms with Crippen molar-refractivity contribution in [1.29, 1.82) is 0 Å². The van der Waals surface area contributed by atoms with E-state index in [1.54, 1.807) is 6.08 Å². The Bertz CT molecular complexity index is 498. The lowest BCUT2D eigenvalue weighted by atomic mass is 9.75. The van der Waals surface area contributed by atoms with Gasteiger partial charge in [-0.15, -0.1) is 0 Å². The number of benzene rings is 1. The van der Waals surface area contributed by atoms with Gasteiger partial charge in [0.25, 0.3) is 0 Å². The second kappa shape index (κ2) is 5.60. The van der Waals surface area contributed by atoms with Gasteiger partial charge in [-0.2, -0.15) is 0 Å². The molecule has 0 saturated heterocycles. The second-order valence-corrected chi connectivity index (χ2v) is 6.00. The van der Waals surface area contributed by atoms with Gasteiger partial charge in [-0.3, -0.25) is 4.79 Å². The molecule has 0 atom stereocenters. The molecule has 102 valence electrons. The third-order valence-electron chi connectivity index (χ3n) is 3.35. The highest BCUT2D eigenvalue weighted by molar-refractivity contribution is 5.99. The van der Waals surface area contributed by atoms with Crippen molar-refractivity contribution in [3.05, 3.63) is 35.9 Å². The summed E-state index contributed by atoms with van der Waals surface area (Å²) >= 11 is 0. The van der Waals surface area contributed by atoms with Gasteiger partial charge in [0.15, 0.2) is 5.78 Å². The van der Waals surface area contributed by atoms with Crippen LogP contribution in [0.3, 0.4) is 0 Å². The minimum Gasteiger partial charge on any atom is -0.493 e. The lowest BCUT2D eigenvalue weighted by Crippen LogP contribution is -2.21. The maximum atomic E-state index is 11.9. The van der Waals surface area contributed by atoms with E-state index >= 15 is 0 Å². The third-order valence-corrected chi connectivity index (χ3v) is 3.35. The predicted octanol–water partition coefficient (Wildman–Crippen LogP) is 4.25. The molecule has 2 heteroatoms. The van der Waals surface area contributed by atoms with Gasteiger partial charge in [0, 0.05) is 12.0 Å². The first kappa shape index (κ1) is 13.9. The van der Waals surface area contributed by atoms with Crippen LogP contribution >= 0.6 is 0 Å². The molecule has 0 unspecified atom stereocenters. The van der Waals surface area contributed by atoms with Crippen LogP contribution in [0.4, 0.5) is 0 Å². The van der Waals surface area contributed by atoms with Gasteiger partial charge in [-0.25, -0.2) is 0 Å². The van der Waals surface area contributed by atoms with Crippen molar-refractivity contribution < 1.29 is 9.53 Å². The van der Waals surface area contributed by atoms with Crippen molar-refractivity contribution >= 4 is 11.4 Å². The summed E-state index contributed by atoms with van der Waals surface area (Å²) in [6, 6.07) is 8.01. The van der Waals surface area contributed by atoms with Crippen LogP contribution in [0, 0.1) is 5.41 Å². The van der Waals surface area contributed by atoms with Crippen molar-refractivity contribution in [2.45, 2.75) is 40.0 Å². The molecule has 2 rings (SSSR count). The fraction of sp³-hybridized carbons (Fsp3) is 0.471. The fourth-order valence-electron chi connectivity index (χ4n) is 2.59. The highest BCUT2D eigenvalue weighted by atomic mass is 16.5. The zero-order chi connectivity index (χ0) is 13.9. The van der Waals surface area contributed by atoms with Crippen molar-refractivity contribution in [2.24, 2.45) is 5.41 Å². The van der Waals surface area contributed by atoms with E-state index in [-0.39, 0.29) is 11.2 Å². The molecule has 0 bridgehead atoms. The molecule has 1 aromatic carbocycles. The maximum Gasteiger partial charge on any atom is 0.156 e. The zero-order valence-electron chi connectivity index (χ0n) is 12.0. The molecule has 19 heavy (non-hydrogen) atoms. The molecular weight excluding hydrogens is 236 g/mol. The molecule has 0 radical (unpaired) electrons. The van der Waals surface area contributed by atoms with Crippen LogP contribution in [-0.4, -0.2) is 12.4 Å². The number of carbonyl (C=O) groups is 1. The lowest BCUT2D eigenvalue weighted by molar-refractivity contribution is -0.116. The average Bonchev–Trinajstić information content (AvgIpc) is 2.34. The molecule has 0 amide bonds. The highest BCUT2D eigenvalue weighted by Gasteiger charge is 2.28. The molecule has 0 aliphatic heterocycles. The van der Waals surface area contributed by atoms with Crippen LogP contribution in [0.5, 0.6) is 5.75 Å². The van der Waals surface area contributed by atoms with Crippen LogP contribution in [0.25, 0.3) is 5.57 Å². The summed E-state index contributed by atoms with van der Waals surface area (Å²) < 4.78 is 5.79. The standard InChI is InChI=1S/C17H22O2/c1-4-9-19-16-8-6-5-7-15(16)13-10-14(18)12-17(2,3)11-13/h5-8,10H,4,9,11-12H2,1-3H3. The molecule has 0 N–H and O–H groups in total. The molecule has 1 aromatic rings. The topological polar surface area (TPSA) is 26.3 Å². The predicted molar refractivity (Wildman–Crippen MR) is 78.2 cm³/mol. The Morgan fingerprint density at radius 2 is 1.95 bits per heavy atom. The molecule has 1 aliphatic carbocycles. The van der Waals surface area contributed by atoms with E-state index in [4.69, 9.17) is 4.74 Å². The van der Waals surface area contributed by atoms with Crippen molar-refractivity contribution in [3.8, 4) is 5.75 Å². The number of allylic oxidation sites excluding steroid dienone is 2. The quantitative estimate of drug-likeness (QED) is 0.807. The zero-order valence-corrected chi connectivity index (χ0v) is 12.0. The molecule has 0 spiro atoms. The number of hydrogen-bond donors (Lipinski definition) is 0. The van der Waals surface area contributed by atoms with Gasteiger partial charge in [-0.1, -0.05) is 39.0 Å². The Kier molecular flexibility index (Phi) is 4.08. The first-order chi connectivity index (χ1) is 9.02. The Morgan fingerprint density at radius 1 is 1.21 bits per heavy atom. The number of carbonyl (C=O) groups excluding carboxylic acids is 1. The summed E-state index contributed by atoms with van der Waals surface area (Å²) in [5, 5.41) is 0. The van der Waals surface area contributed by atoms with E-state index in [1.807, 2.05) is 24.3 Å². The van der Waals surface area contributed by atoms with E-state index in [9.17, 15) is 4.79 Å². The second-order valence-electron chi connectivity index (χ2n) is 6.00. The van der Waals surface area contributed by atoms with E-state index in [1.165, 1.54) is 0 Å². The first-order valence-electron chi connectivity index (χ1n) is 6.97. The minimum atomic E-state index is 0.0407. The summed E-state index contributed by atoms with van der Waals surface area (Å²) in [5.74, 6) is 1.11. The summed E-state index contributed by atoms with van der Waals surface area (Å²) in [4.78, 5) is 11.9. The number of ether oxygens (including phenoxy) is 1. The van der Waals surface area contributed by atoms with Crippen LogP contribution in [0.15, 0.2) is 30.3 Å². The summed E-state index contributed by atoms with van der Waals surface area (Å²) in [6.45, 7) is 7.09. The van der Waals surface area contributed by atoms with Crippen LogP contribution < -0.4 is 4.74 Å². The molecule has 0 heterocycles. The largest absolute Gasteiger partial charge is 0.493 e. The smallest absolute Gasteiger partial charge is 0.156 e. The lowest BCUT2D eigenvalue weighted by Gasteiger charge is -2.29. The van der Waals surface area contributed by atoms with Crippen molar-refractivity contribution in [2.75, 3.05) is 6.61 Å². The summed E-state index contributed by atoms with van der Waals surface area (Å²) in [7, 11) is 0. The van der Waals surface area contributed by atoms with Gasteiger partial charge in [0.1, 0.15) is 5.75 Å². The van der Waals surface area contributed by atoms with Crippen molar-refractivity contribution in [1.82, 2.24) is 0 Å². The third kappa shape index (κ3) is 3.46. The van der Waals surface area contributed by atoms with E-state index in [2.05, 4.69) is 20.8 Å². The molecule has 1 aliphatic rings. The summed E-state index contributed by atoms with van der Waals surface area (Å²) in [6.07, 6.45) is 4.33. The molecular formula is C17H22O2. The molecule has 2 nitrogen and oxygen atoms in total. The van der Waals surface area contributed by atoms with E-state index in [0.29, 0.717) is 13.0 Å². The van der Waals surface area contributed by atoms with Gasteiger partial charge < -0.3 is 4.74 Å². The van der Waals surface area contributed by atoms with E-state index < -0.39 is 0 Å². The summed E-state index contributed by atoms with van der Waals surface area (Å²) in [5.41, 5.74) is 2.21. The van der Waals surface area contributed by atoms with Gasteiger partial charge in [0.2, 0.25) is 0 Å². The number of hydrogen-bond acceptors (Lipinski definition) is 2. The van der Waals surface area contributed by atoms with Crippen LogP contribution in [0.2, 0.25) is 0 Å². The van der Waals surface area contributed by atoms with E-state index in [0.717, 1.165) is 29.7 Å². The molecule has 0 fully saturated rings. The van der Waals surface area contributed by atoms with Crippen molar-refractivity contribution in [3.63, 3.8) is 0 Å². The van der Waals surface area contributed by atoms with Gasteiger partial charge in [0.05, 0.1) is 6.61 Å². The van der Waals surface area contributed by atoms with Crippen LogP contribution in [0.1, 0.15) is 45.6 Å². The molecule has 0 saturated carbocycles. The highest BCUT2D eigenvalue weighted by Crippen LogP contribution is 2.40. The average molecular weight is 258 g/mol. The Balaban J connectivity index is 2.33. The van der Waals surface area contributed by atoms with Gasteiger partial charge in [-0.05, 0) is 36.0 Å². The Hall–Kier alpha value is -1.57. The number of para-hydroxylation sites is 1. The molecule has 0 aromatic heterocycles. The Labute approximate surface area is 115 Å². The SMILES string of the molecule is CCCOc1ccccc1C1=CC(=O)CC(C)(C)C1. The fourth-order valence-corrected chi connectivity index (χ4v) is 2.59. The monoisotopic (exact) mass is 258 g/mol.